The number of nitrogens with two attached hydrogens (primary N) is 1. The molecule has 4 nitrogen and oxygen atoms in total. The average molecular weight is 385 g/mol. The maximum absolute atomic E-state index is 12.1. The molecule has 2 rings (SSSR count). The number of carbonyl (C=O) groups is 1. The van der Waals surface area contributed by atoms with Gasteiger partial charge in [-0.2, -0.15) is 0 Å². The van der Waals surface area contributed by atoms with Gasteiger partial charge in [-0.1, -0.05) is 12.2 Å². The van der Waals surface area contributed by atoms with Gasteiger partial charge < -0.3 is 15.8 Å². The Morgan fingerprint density at radius 1 is 1.43 bits per heavy atom. The fourth-order valence-electron chi connectivity index (χ4n) is 1.55. The summed E-state index contributed by atoms with van der Waals surface area (Å²) in [6.07, 6.45) is 0. The van der Waals surface area contributed by atoms with E-state index in [1.54, 1.807) is 24.3 Å². The molecule has 1 heterocycles. The van der Waals surface area contributed by atoms with Crippen LogP contribution in [0.25, 0.3) is 0 Å². The summed E-state index contributed by atoms with van der Waals surface area (Å²) >= 11 is 9.55. The van der Waals surface area contributed by atoms with Gasteiger partial charge in [0.05, 0.1) is 8.66 Å². The van der Waals surface area contributed by atoms with E-state index in [2.05, 4.69) is 21.2 Å². The molecule has 0 aliphatic heterocycles. The van der Waals surface area contributed by atoms with Crippen LogP contribution in [-0.2, 0) is 0 Å². The van der Waals surface area contributed by atoms with Crippen molar-refractivity contribution in [3.63, 3.8) is 0 Å². The highest BCUT2D eigenvalue weighted by Gasteiger charge is 2.11. The Morgan fingerprint density at radius 2 is 2.10 bits per heavy atom. The third-order valence-electron chi connectivity index (χ3n) is 2.57. The number of hydrogen-bond donors (Lipinski definition) is 2. The summed E-state index contributed by atoms with van der Waals surface area (Å²) in [5.74, 6) is 0.515. The quantitative estimate of drug-likeness (QED) is 0.770. The van der Waals surface area contributed by atoms with Gasteiger partial charge in [0.2, 0.25) is 0 Å². The second-order valence-electron chi connectivity index (χ2n) is 4.30. The lowest BCUT2D eigenvalue weighted by Gasteiger charge is -2.07. The Balaban J connectivity index is 1.99. The normalized spacial score (nSPS) is 10.2. The molecule has 0 spiro atoms. The number of amides is 1. The zero-order chi connectivity index (χ0) is 15.4. The van der Waals surface area contributed by atoms with Gasteiger partial charge in [0.25, 0.3) is 5.91 Å². The van der Waals surface area contributed by atoms with Crippen LogP contribution in [0, 0.1) is 6.92 Å². The molecule has 0 saturated heterocycles. The van der Waals surface area contributed by atoms with Crippen molar-refractivity contribution >= 4 is 56.1 Å². The molecule has 1 amide bonds. The first-order valence-electron chi connectivity index (χ1n) is 6.04. The molecule has 3 N–H and O–H groups in total. The molecular weight excluding hydrogens is 372 g/mol. The van der Waals surface area contributed by atoms with Crippen LogP contribution in [0.3, 0.4) is 0 Å². The van der Waals surface area contributed by atoms with Crippen molar-refractivity contribution in [2.45, 2.75) is 6.92 Å². The Labute approximate surface area is 140 Å². The van der Waals surface area contributed by atoms with Crippen LogP contribution in [0.15, 0.2) is 34.1 Å². The van der Waals surface area contributed by atoms with Crippen LogP contribution in [-0.4, -0.2) is 17.5 Å². The summed E-state index contributed by atoms with van der Waals surface area (Å²) in [6, 6.07) is 8.89. The zero-order valence-corrected chi connectivity index (χ0v) is 14.4. The summed E-state index contributed by atoms with van der Waals surface area (Å²) in [5.41, 5.74) is 7.11. The molecular formula is C14H13BrN2O2S2. The van der Waals surface area contributed by atoms with Gasteiger partial charge in [-0.3, -0.25) is 4.79 Å². The Hall–Kier alpha value is -1.44. The van der Waals surface area contributed by atoms with Crippen LogP contribution < -0.4 is 15.8 Å². The number of anilines is 1. The first-order valence-corrected chi connectivity index (χ1v) is 8.06. The van der Waals surface area contributed by atoms with E-state index in [9.17, 15) is 4.79 Å². The van der Waals surface area contributed by atoms with Crippen molar-refractivity contribution in [3.05, 3.63) is 44.6 Å². The predicted octanol–water partition coefficient (Wildman–Crippen LogP) is 3.74. The molecule has 1 aromatic heterocycles. The molecule has 0 unspecified atom stereocenters. The van der Waals surface area contributed by atoms with Crippen LogP contribution in [0.5, 0.6) is 5.75 Å². The number of halogens is 1. The smallest absolute Gasteiger partial charge is 0.265 e. The van der Waals surface area contributed by atoms with E-state index < -0.39 is 0 Å². The topological polar surface area (TPSA) is 64.3 Å². The molecule has 7 heteroatoms. The SMILES string of the molecule is Cc1cc(C(=O)Nc2ccc(OCC(N)=S)cc2)sc1Br. The molecule has 2 aromatic rings. The molecule has 21 heavy (non-hydrogen) atoms. The fraction of sp³-hybridized carbons (Fsp3) is 0.143. The Morgan fingerprint density at radius 3 is 2.62 bits per heavy atom. The van der Waals surface area contributed by atoms with Crippen molar-refractivity contribution in [3.8, 4) is 5.75 Å². The minimum absolute atomic E-state index is 0.134. The highest BCUT2D eigenvalue weighted by atomic mass is 79.9. The van der Waals surface area contributed by atoms with Crippen molar-refractivity contribution in [2.24, 2.45) is 5.73 Å². The molecule has 110 valence electrons. The van der Waals surface area contributed by atoms with Gasteiger partial charge in [-0.25, -0.2) is 0 Å². The van der Waals surface area contributed by atoms with Crippen LogP contribution in [0.1, 0.15) is 15.2 Å². The average Bonchev–Trinajstić information content (AvgIpc) is 2.78. The number of thiocarbonyl (C=S) groups is 1. The van der Waals surface area contributed by atoms with Crippen molar-refractivity contribution < 1.29 is 9.53 Å². The van der Waals surface area contributed by atoms with Gasteiger partial charge in [0.1, 0.15) is 17.3 Å². The minimum atomic E-state index is -0.134. The Kier molecular flexibility index (Phi) is 5.33. The van der Waals surface area contributed by atoms with E-state index in [1.165, 1.54) is 11.3 Å². The molecule has 0 bridgehead atoms. The number of rotatable bonds is 5. The maximum atomic E-state index is 12.1. The first kappa shape index (κ1) is 15.9. The zero-order valence-electron chi connectivity index (χ0n) is 11.2. The van der Waals surface area contributed by atoms with E-state index in [0.717, 1.165) is 9.35 Å². The van der Waals surface area contributed by atoms with Gasteiger partial charge >= 0.3 is 0 Å². The Bertz CT molecular complexity index is 649. The van der Waals surface area contributed by atoms with Crippen molar-refractivity contribution in [1.29, 1.82) is 0 Å². The fourth-order valence-corrected chi connectivity index (χ4v) is 3.04. The van der Waals surface area contributed by atoms with Crippen LogP contribution in [0.4, 0.5) is 5.69 Å². The van der Waals surface area contributed by atoms with Crippen LogP contribution in [0.2, 0.25) is 0 Å². The third-order valence-corrected chi connectivity index (χ3v) is 4.83. The van der Waals surface area contributed by atoms with E-state index in [0.29, 0.717) is 21.3 Å². The highest BCUT2D eigenvalue weighted by molar-refractivity contribution is 9.11. The van der Waals surface area contributed by atoms with E-state index in [1.807, 2.05) is 13.0 Å². The van der Waals surface area contributed by atoms with Gasteiger partial charge in [0.15, 0.2) is 0 Å². The maximum Gasteiger partial charge on any atom is 0.265 e. The number of ether oxygens (including phenoxy) is 1. The second kappa shape index (κ2) is 7.02. The summed E-state index contributed by atoms with van der Waals surface area (Å²) < 4.78 is 6.31. The molecule has 1 aromatic carbocycles. The van der Waals surface area contributed by atoms with E-state index >= 15 is 0 Å². The molecule has 0 radical (unpaired) electrons. The number of aryl methyl sites for hydroxylation is 1. The van der Waals surface area contributed by atoms with Crippen molar-refractivity contribution in [1.82, 2.24) is 0 Å². The van der Waals surface area contributed by atoms with Crippen LogP contribution >= 0.6 is 39.5 Å². The number of hydrogen-bond acceptors (Lipinski definition) is 4. The molecule has 0 saturated carbocycles. The number of thiophene rings is 1. The minimum Gasteiger partial charge on any atom is -0.487 e. The number of carbonyl (C=O) groups excluding carboxylic acids is 1. The lowest BCUT2D eigenvalue weighted by atomic mass is 10.3. The molecule has 0 aliphatic carbocycles. The summed E-state index contributed by atoms with van der Waals surface area (Å²) in [4.78, 5) is 13.1. The standard InChI is InChI=1S/C14H13BrN2O2S2/c1-8-6-11(21-13(8)15)14(18)17-9-2-4-10(5-3-9)19-7-12(16)20/h2-6H,7H2,1H3,(H2,16,20)(H,17,18). The first-order chi connectivity index (χ1) is 9.95. The molecule has 0 atom stereocenters. The lowest BCUT2D eigenvalue weighted by Crippen LogP contribution is -2.17. The monoisotopic (exact) mass is 384 g/mol. The third kappa shape index (κ3) is 4.52. The largest absolute Gasteiger partial charge is 0.487 e. The highest BCUT2D eigenvalue weighted by Crippen LogP contribution is 2.28. The predicted molar refractivity (Wildman–Crippen MR) is 93.4 cm³/mol. The van der Waals surface area contributed by atoms with E-state index in [-0.39, 0.29) is 12.5 Å². The van der Waals surface area contributed by atoms with Gasteiger partial charge in [0, 0.05) is 5.69 Å². The van der Waals surface area contributed by atoms with E-state index in [4.69, 9.17) is 22.7 Å². The summed E-state index contributed by atoms with van der Waals surface area (Å²) in [5, 5.41) is 2.84. The molecule has 0 aliphatic rings. The van der Waals surface area contributed by atoms with Crippen molar-refractivity contribution in [2.75, 3.05) is 11.9 Å². The number of benzene rings is 1. The number of nitrogens with one attached hydrogen (secondary N) is 1. The van der Waals surface area contributed by atoms with Gasteiger partial charge in [-0.05, 0) is 58.7 Å². The summed E-state index contributed by atoms with van der Waals surface area (Å²) in [6.45, 7) is 2.15. The summed E-state index contributed by atoms with van der Waals surface area (Å²) in [7, 11) is 0. The second-order valence-corrected chi connectivity index (χ2v) is 7.20. The molecule has 0 fully saturated rings. The van der Waals surface area contributed by atoms with Gasteiger partial charge in [-0.15, -0.1) is 11.3 Å². The lowest BCUT2D eigenvalue weighted by molar-refractivity contribution is 0.103.